The Morgan fingerprint density at radius 1 is 0.296 bits per heavy atom. The summed E-state index contributed by atoms with van der Waals surface area (Å²) in [6.07, 6.45) is 0. The standard InChI is InChI=1S/C7H3Cl5.2C7H5Cl3.C7H5Cl2F.C7H3F5/c1-2-3(8)5(10)7(12)6(11)4(2)9;1-4-6(9)2-5(8)3-7(4)10;1-4-2-6(9)7(10)3-5(4)8;1-4-6(8)2-5(10)3-7(4)9;1-2-3(8)5(10)7(12)6(11)4(2)9/h1H3;3*2-3H,1H3;1H3. The SMILES string of the molecule is Cc1c(Cl)c(Cl)c(Cl)c(Cl)c1Cl.Cc1c(Cl)cc(Cl)cc1Cl.Cc1c(Cl)cc(F)cc1Cl.Cc1c(F)c(F)c(F)c(F)c1F.Cc1cc(Cl)c(Cl)cc1Cl. The molecule has 0 aromatic heterocycles. The molecule has 0 aliphatic carbocycles. The average molecular weight is 1020 g/mol. The van der Waals surface area contributed by atoms with Crippen molar-refractivity contribution in [1.29, 1.82) is 0 Å². The fraction of sp³-hybridized carbons (Fsp3) is 0.143. The number of hydrogen-bond donors (Lipinski definition) is 0. The summed E-state index contributed by atoms with van der Waals surface area (Å²) in [5.74, 6) is -9.92. The van der Waals surface area contributed by atoms with E-state index in [0.29, 0.717) is 61.4 Å². The highest BCUT2D eigenvalue weighted by Gasteiger charge is 2.22. The molecular formula is C35H21Cl13F6. The Kier molecular flexibility index (Phi) is 22.1. The summed E-state index contributed by atoms with van der Waals surface area (Å²) in [4.78, 5) is 0. The van der Waals surface area contributed by atoms with Gasteiger partial charge in [-0.25, -0.2) is 26.3 Å². The minimum Gasteiger partial charge on any atom is -0.207 e. The zero-order chi connectivity index (χ0) is 42.1. The largest absolute Gasteiger partial charge is 0.207 e. The highest BCUT2D eigenvalue weighted by atomic mass is 35.5. The van der Waals surface area contributed by atoms with Gasteiger partial charge in [-0.1, -0.05) is 151 Å². The van der Waals surface area contributed by atoms with Crippen LogP contribution < -0.4 is 0 Å². The highest BCUT2D eigenvalue weighted by Crippen LogP contribution is 2.43. The predicted molar refractivity (Wildman–Crippen MR) is 221 cm³/mol. The minimum absolute atomic E-state index is 0.193. The van der Waals surface area contributed by atoms with Crippen molar-refractivity contribution in [1.82, 2.24) is 0 Å². The first kappa shape index (κ1) is 51.5. The zero-order valence-electron chi connectivity index (χ0n) is 27.6. The maximum atomic E-state index is 12.4. The van der Waals surface area contributed by atoms with Crippen LogP contribution in [0.4, 0.5) is 26.3 Å². The third-order valence-corrected chi connectivity index (χ3v) is 11.9. The molecule has 0 unspecified atom stereocenters. The lowest BCUT2D eigenvalue weighted by molar-refractivity contribution is 0.373. The predicted octanol–water partition coefficient (Wildman–Crippen LogP) is 19.3. The molecule has 0 saturated carbocycles. The van der Waals surface area contributed by atoms with E-state index in [1.807, 2.05) is 13.8 Å². The lowest BCUT2D eigenvalue weighted by atomic mass is 10.2. The molecule has 5 aromatic rings. The van der Waals surface area contributed by atoms with E-state index < -0.39 is 40.5 Å². The van der Waals surface area contributed by atoms with Crippen LogP contribution in [-0.2, 0) is 0 Å². The molecule has 0 saturated heterocycles. The van der Waals surface area contributed by atoms with E-state index >= 15 is 0 Å². The van der Waals surface area contributed by atoms with Crippen LogP contribution >= 0.6 is 151 Å². The van der Waals surface area contributed by atoms with Gasteiger partial charge in [0.15, 0.2) is 23.3 Å². The molecular weight excluding hydrogens is 995 g/mol. The van der Waals surface area contributed by atoms with Gasteiger partial charge in [-0.3, -0.25) is 0 Å². The summed E-state index contributed by atoms with van der Waals surface area (Å²) in [7, 11) is 0. The quantitative estimate of drug-likeness (QED) is 0.0824. The van der Waals surface area contributed by atoms with Crippen molar-refractivity contribution in [3.63, 3.8) is 0 Å². The van der Waals surface area contributed by atoms with Gasteiger partial charge in [0.1, 0.15) is 5.82 Å². The summed E-state index contributed by atoms with van der Waals surface area (Å²) < 4.78 is 74.0. The van der Waals surface area contributed by atoms with E-state index in [1.54, 1.807) is 38.1 Å². The van der Waals surface area contributed by atoms with Crippen LogP contribution in [0.25, 0.3) is 0 Å². The van der Waals surface area contributed by atoms with Gasteiger partial charge in [-0.2, -0.15) is 0 Å². The molecule has 0 nitrogen and oxygen atoms in total. The van der Waals surface area contributed by atoms with Gasteiger partial charge >= 0.3 is 0 Å². The normalized spacial score (nSPS) is 10.2. The molecule has 0 aliphatic heterocycles. The van der Waals surface area contributed by atoms with E-state index in [0.717, 1.165) is 18.1 Å². The van der Waals surface area contributed by atoms with Crippen molar-refractivity contribution in [2.75, 3.05) is 0 Å². The van der Waals surface area contributed by atoms with Gasteiger partial charge in [-0.15, -0.1) is 0 Å². The fourth-order valence-electron chi connectivity index (χ4n) is 3.28. The van der Waals surface area contributed by atoms with Crippen molar-refractivity contribution in [2.24, 2.45) is 0 Å². The van der Waals surface area contributed by atoms with Crippen LogP contribution in [0.5, 0.6) is 0 Å². The number of halogens is 19. The third-order valence-electron chi connectivity index (χ3n) is 6.55. The molecule has 5 aromatic carbocycles. The zero-order valence-corrected chi connectivity index (χ0v) is 37.5. The first-order valence-electron chi connectivity index (χ1n) is 14.1. The van der Waals surface area contributed by atoms with Crippen molar-refractivity contribution in [3.8, 4) is 0 Å². The molecule has 19 heteroatoms. The number of hydrogen-bond acceptors (Lipinski definition) is 0. The maximum Gasteiger partial charge on any atom is 0.200 e. The van der Waals surface area contributed by atoms with E-state index in [1.165, 1.54) is 12.1 Å². The lowest BCUT2D eigenvalue weighted by Crippen LogP contribution is -2.03. The molecule has 0 atom stereocenters. The van der Waals surface area contributed by atoms with Gasteiger partial charge in [0, 0.05) is 35.7 Å². The second kappa shape index (κ2) is 23.1. The summed E-state index contributed by atoms with van der Waals surface area (Å²) in [6, 6.07) is 9.20. The number of rotatable bonds is 0. The van der Waals surface area contributed by atoms with Crippen LogP contribution in [0.2, 0.25) is 65.3 Å². The first-order chi connectivity index (χ1) is 24.8. The summed E-state index contributed by atoms with van der Waals surface area (Å²) in [5, 5.41) is 5.57. The number of benzene rings is 5. The topological polar surface area (TPSA) is 0 Å². The molecule has 0 bridgehead atoms. The first-order valence-corrected chi connectivity index (χ1v) is 19.0. The molecule has 0 fully saturated rings. The molecule has 0 N–H and O–H groups in total. The Hall–Kier alpha value is -0.550. The van der Waals surface area contributed by atoms with Crippen LogP contribution in [0, 0.1) is 69.5 Å². The summed E-state index contributed by atoms with van der Waals surface area (Å²) in [5.41, 5.74) is 2.29. The van der Waals surface area contributed by atoms with E-state index in [2.05, 4.69) is 0 Å². The van der Waals surface area contributed by atoms with Crippen molar-refractivity contribution >= 4 is 151 Å². The molecule has 0 heterocycles. The lowest BCUT2D eigenvalue weighted by Gasteiger charge is -2.07. The van der Waals surface area contributed by atoms with E-state index in [-0.39, 0.29) is 15.1 Å². The Morgan fingerprint density at radius 2 is 0.611 bits per heavy atom. The van der Waals surface area contributed by atoms with Gasteiger partial charge in [0.25, 0.3) is 0 Å². The molecule has 54 heavy (non-hydrogen) atoms. The highest BCUT2D eigenvalue weighted by molar-refractivity contribution is 6.55. The van der Waals surface area contributed by atoms with Gasteiger partial charge in [0.05, 0.1) is 35.2 Å². The Morgan fingerprint density at radius 3 is 0.981 bits per heavy atom. The molecule has 5 rings (SSSR count). The van der Waals surface area contributed by atoms with Crippen LogP contribution in [0.3, 0.4) is 0 Å². The Balaban J connectivity index is 0.000000338. The second-order valence-electron chi connectivity index (χ2n) is 10.4. The third kappa shape index (κ3) is 14.4. The summed E-state index contributed by atoms with van der Waals surface area (Å²) >= 11 is 74.3. The number of aryl methyl sites for hydroxylation is 1. The molecule has 0 spiro atoms. The smallest absolute Gasteiger partial charge is 0.200 e. The summed E-state index contributed by atoms with van der Waals surface area (Å²) in [6.45, 7) is 8.00. The monoisotopic (exact) mass is 1010 g/mol. The van der Waals surface area contributed by atoms with Crippen molar-refractivity contribution < 1.29 is 26.3 Å². The molecule has 294 valence electrons. The van der Waals surface area contributed by atoms with Crippen molar-refractivity contribution in [3.05, 3.63) is 164 Å². The second-order valence-corrected chi connectivity index (χ2v) is 15.6. The fourth-order valence-corrected chi connectivity index (χ4v) is 6.39. The van der Waals surface area contributed by atoms with Crippen LogP contribution in [0.15, 0.2) is 36.4 Å². The van der Waals surface area contributed by atoms with Gasteiger partial charge in [-0.05, 0) is 93.3 Å². The Labute approximate surface area is 372 Å². The van der Waals surface area contributed by atoms with Crippen LogP contribution in [0.1, 0.15) is 27.8 Å². The minimum atomic E-state index is -2.13. The molecule has 0 aliphatic rings. The van der Waals surface area contributed by atoms with Crippen LogP contribution in [-0.4, -0.2) is 0 Å². The molecule has 0 radical (unpaired) electrons. The van der Waals surface area contributed by atoms with Gasteiger partial charge < -0.3 is 0 Å². The molecule has 0 amide bonds. The maximum absolute atomic E-state index is 12.4. The van der Waals surface area contributed by atoms with E-state index in [4.69, 9.17) is 151 Å². The van der Waals surface area contributed by atoms with Crippen molar-refractivity contribution in [2.45, 2.75) is 34.6 Å². The Bertz CT molecular complexity index is 1710. The van der Waals surface area contributed by atoms with Gasteiger partial charge in [0.2, 0.25) is 5.82 Å². The van der Waals surface area contributed by atoms with E-state index in [9.17, 15) is 26.3 Å². The average Bonchev–Trinajstić information content (AvgIpc) is 3.11.